The first-order chi connectivity index (χ1) is 15.0. The van der Waals surface area contributed by atoms with E-state index in [1.807, 2.05) is 12.1 Å². The van der Waals surface area contributed by atoms with Gasteiger partial charge in [-0.2, -0.15) is 0 Å². The Bertz CT molecular complexity index is 1010. The zero-order valence-electron chi connectivity index (χ0n) is 22.1. The zero-order chi connectivity index (χ0) is 24.9. The standard InChI is InChI=1S/C28H42INO2Si/c1-17(2)25-23(26(31)19-13-11-18(3)12-14-19)24(29)22-20(30-25)15-28(7,8)16-21(22)32-33(9,10)27(4,5)6/h11-14,17,21,26,31H,15-16H2,1-10H3/t21-,26+/m0/s1. The molecule has 1 N–H and O–H groups in total. The highest BCUT2D eigenvalue weighted by molar-refractivity contribution is 14.1. The minimum Gasteiger partial charge on any atom is -0.410 e. The highest BCUT2D eigenvalue weighted by Gasteiger charge is 2.44. The minimum absolute atomic E-state index is 0.00854. The van der Waals surface area contributed by atoms with Gasteiger partial charge >= 0.3 is 0 Å². The van der Waals surface area contributed by atoms with Gasteiger partial charge in [-0.15, -0.1) is 0 Å². The summed E-state index contributed by atoms with van der Waals surface area (Å²) < 4.78 is 8.19. The van der Waals surface area contributed by atoms with Gasteiger partial charge in [0, 0.05) is 20.4 Å². The minimum atomic E-state index is -1.99. The summed E-state index contributed by atoms with van der Waals surface area (Å²) in [6, 6.07) is 8.20. The van der Waals surface area contributed by atoms with Crippen molar-refractivity contribution in [1.82, 2.24) is 4.98 Å². The van der Waals surface area contributed by atoms with Gasteiger partial charge < -0.3 is 9.53 Å². The van der Waals surface area contributed by atoms with Gasteiger partial charge in [0.05, 0.1) is 11.8 Å². The van der Waals surface area contributed by atoms with E-state index in [1.54, 1.807) is 0 Å². The second-order valence-electron chi connectivity index (χ2n) is 12.5. The smallest absolute Gasteiger partial charge is 0.192 e. The molecule has 0 unspecified atom stereocenters. The van der Waals surface area contributed by atoms with E-state index >= 15 is 0 Å². The number of nitrogens with zero attached hydrogens (tertiary/aromatic N) is 1. The molecule has 2 atom stereocenters. The summed E-state index contributed by atoms with van der Waals surface area (Å²) in [6.07, 6.45) is 1.23. The summed E-state index contributed by atoms with van der Waals surface area (Å²) in [6.45, 7) is 22.6. The molecule has 1 aromatic heterocycles. The molecule has 5 heteroatoms. The molecular weight excluding hydrogens is 537 g/mol. The number of aliphatic hydroxyl groups excluding tert-OH is 1. The number of rotatable bonds is 5. The lowest BCUT2D eigenvalue weighted by molar-refractivity contribution is 0.104. The fourth-order valence-electron chi connectivity index (χ4n) is 4.49. The van der Waals surface area contributed by atoms with E-state index in [2.05, 4.69) is 103 Å². The van der Waals surface area contributed by atoms with Crippen LogP contribution in [0.5, 0.6) is 0 Å². The van der Waals surface area contributed by atoms with Gasteiger partial charge in [0.15, 0.2) is 8.32 Å². The maximum Gasteiger partial charge on any atom is 0.192 e. The molecular formula is C28H42INO2Si. The monoisotopic (exact) mass is 579 g/mol. The van der Waals surface area contributed by atoms with Gasteiger partial charge in [0.1, 0.15) is 6.10 Å². The van der Waals surface area contributed by atoms with Crippen LogP contribution in [0.25, 0.3) is 0 Å². The molecule has 0 radical (unpaired) electrons. The Labute approximate surface area is 216 Å². The summed E-state index contributed by atoms with van der Waals surface area (Å²) in [5.74, 6) is 0.226. The first-order valence-electron chi connectivity index (χ1n) is 12.2. The van der Waals surface area contributed by atoms with Crippen LogP contribution in [0.15, 0.2) is 24.3 Å². The van der Waals surface area contributed by atoms with Crippen LogP contribution in [0.4, 0.5) is 0 Å². The third kappa shape index (κ3) is 5.57. The van der Waals surface area contributed by atoms with Crippen LogP contribution in [-0.4, -0.2) is 18.4 Å². The summed E-state index contributed by atoms with van der Waals surface area (Å²) in [4.78, 5) is 5.25. The Hall–Kier alpha value is -0.763. The van der Waals surface area contributed by atoms with E-state index < -0.39 is 14.4 Å². The van der Waals surface area contributed by atoms with E-state index in [9.17, 15) is 5.11 Å². The molecule has 182 valence electrons. The highest BCUT2D eigenvalue weighted by atomic mass is 127. The molecule has 1 aliphatic carbocycles. The molecule has 1 aliphatic rings. The van der Waals surface area contributed by atoms with Gasteiger partial charge in [0.25, 0.3) is 0 Å². The molecule has 0 aliphatic heterocycles. The van der Waals surface area contributed by atoms with Crippen LogP contribution in [0, 0.1) is 15.9 Å². The molecule has 1 aromatic carbocycles. The molecule has 3 rings (SSSR count). The number of hydrogen-bond acceptors (Lipinski definition) is 3. The number of halogens is 1. The third-order valence-corrected chi connectivity index (χ3v) is 13.1. The normalized spacial score (nSPS) is 19.5. The number of fused-ring (bicyclic) bond motifs is 1. The molecule has 3 nitrogen and oxygen atoms in total. The summed E-state index contributed by atoms with van der Waals surface area (Å²) in [5, 5.41) is 11.7. The van der Waals surface area contributed by atoms with E-state index in [1.165, 1.54) is 11.1 Å². The fraction of sp³-hybridized carbons (Fsp3) is 0.607. The topological polar surface area (TPSA) is 42.4 Å². The van der Waals surface area contributed by atoms with Gasteiger partial charge in [0.2, 0.25) is 0 Å². The lowest BCUT2D eigenvalue weighted by atomic mass is 9.74. The van der Waals surface area contributed by atoms with E-state index in [0.29, 0.717) is 0 Å². The second kappa shape index (κ2) is 9.36. The average molecular weight is 580 g/mol. The van der Waals surface area contributed by atoms with Crippen molar-refractivity contribution in [3.8, 4) is 0 Å². The Kier molecular flexibility index (Phi) is 7.61. The molecule has 0 amide bonds. The lowest BCUT2D eigenvalue weighted by Gasteiger charge is -2.44. The molecule has 0 bridgehead atoms. The number of aliphatic hydroxyl groups is 1. The molecule has 0 saturated carbocycles. The number of pyridine rings is 1. The van der Waals surface area contributed by atoms with E-state index in [0.717, 1.165) is 38.9 Å². The van der Waals surface area contributed by atoms with Crippen LogP contribution in [0.1, 0.15) is 107 Å². The summed E-state index contributed by atoms with van der Waals surface area (Å²) >= 11 is 2.47. The van der Waals surface area contributed by atoms with Crippen molar-refractivity contribution in [3.63, 3.8) is 0 Å². The van der Waals surface area contributed by atoms with Crippen molar-refractivity contribution in [1.29, 1.82) is 0 Å². The second-order valence-corrected chi connectivity index (χ2v) is 18.3. The highest BCUT2D eigenvalue weighted by Crippen LogP contribution is 2.50. The summed E-state index contributed by atoms with van der Waals surface area (Å²) in [5.41, 5.74) is 6.57. The average Bonchev–Trinajstić information content (AvgIpc) is 2.65. The fourth-order valence-corrected chi connectivity index (χ4v) is 6.99. The van der Waals surface area contributed by atoms with Crippen LogP contribution in [0.3, 0.4) is 0 Å². The summed E-state index contributed by atoms with van der Waals surface area (Å²) in [7, 11) is -1.99. The van der Waals surface area contributed by atoms with Crippen molar-refractivity contribution >= 4 is 30.9 Å². The number of benzene rings is 1. The van der Waals surface area contributed by atoms with Crippen LogP contribution < -0.4 is 0 Å². The van der Waals surface area contributed by atoms with Crippen molar-refractivity contribution in [2.45, 2.75) is 104 Å². The van der Waals surface area contributed by atoms with Gasteiger partial charge in [-0.3, -0.25) is 4.98 Å². The van der Waals surface area contributed by atoms with E-state index in [-0.39, 0.29) is 22.5 Å². The SMILES string of the molecule is Cc1ccc([C@@H](O)c2c(C(C)C)nc3c(c2I)[C@@H](O[Si](C)(C)C(C)(C)C)CC(C)(C)C3)cc1. The van der Waals surface area contributed by atoms with Crippen molar-refractivity contribution in [3.05, 3.63) is 61.5 Å². The number of hydrogen-bond donors (Lipinski definition) is 1. The molecule has 2 aromatic rings. The van der Waals surface area contributed by atoms with E-state index in [4.69, 9.17) is 9.41 Å². The first-order valence-corrected chi connectivity index (χ1v) is 16.2. The van der Waals surface area contributed by atoms with Gasteiger partial charge in [-0.25, -0.2) is 0 Å². The molecule has 1 heterocycles. The maximum atomic E-state index is 11.6. The van der Waals surface area contributed by atoms with Crippen molar-refractivity contribution in [2.75, 3.05) is 0 Å². The molecule has 0 fully saturated rings. The quantitative estimate of drug-likeness (QED) is 0.287. The van der Waals surface area contributed by atoms with Crippen molar-refractivity contribution < 1.29 is 9.53 Å². The van der Waals surface area contributed by atoms with Crippen molar-refractivity contribution in [2.24, 2.45) is 5.41 Å². The Balaban J connectivity index is 2.21. The molecule has 0 spiro atoms. The zero-order valence-corrected chi connectivity index (χ0v) is 25.3. The predicted molar refractivity (Wildman–Crippen MR) is 149 cm³/mol. The predicted octanol–water partition coefficient (Wildman–Crippen LogP) is 8.24. The Morgan fingerprint density at radius 2 is 1.73 bits per heavy atom. The van der Waals surface area contributed by atoms with Crippen LogP contribution in [0.2, 0.25) is 18.1 Å². The Morgan fingerprint density at radius 1 is 1.15 bits per heavy atom. The first kappa shape index (κ1) is 26.8. The molecule has 0 saturated heterocycles. The lowest BCUT2D eigenvalue weighted by Crippen LogP contribution is -2.44. The Morgan fingerprint density at radius 3 is 2.24 bits per heavy atom. The maximum absolute atomic E-state index is 11.6. The van der Waals surface area contributed by atoms with Gasteiger partial charge in [-0.1, -0.05) is 78.3 Å². The number of aryl methyl sites for hydroxylation is 1. The van der Waals surface area contributed by atoms with Crippen LogP contribution in [-0.2, 0) is 10.8 Å². The number of aromatic nitrogens is 1. The van der Waals surface area contributed by atoms with Crippen LogP contribution >= 0.6 is 22.6 Å². The molecule has 33 heavy (non-hydrogen) atoms. The third-order valence-electron chi connectivity index (χ3n) is 7.48. The van der Waals surface area contributed by atoms with Gasteiger partial charge in [-0.05, 0) is 77.4 Å². The largest absolute Gasteiger partial charge is 0.410 e.